The zero-order chi connectivity index (χ0) is 20.5. The van der Waals surface area contributed by atoms with Gasteiger partial charge in [0.15, 0.2) is 5.82 Å². The molecule has 2 aliphatic rings. The maximum absolute atomic E-state index is 13.1. The van der Waals surface area contributed by atoms with Crippen LogP contribution in [-0.4, -0.2) is 52.6 Å². The lowest BCUT2D eigenvalue weighted by molar-refractivity contribution is 0.0298. The zero-order valence-corrected chi connectivity index (χ0v) is 17.4. The van der Waals surface area contributed by atoms with Crippen LogP contribution in [0.15, 0.2) is 12.1 Å². The van der Waals surface area contributed by atoms with Crippen molar-refractivity contribution in [2.45, 2.75) is 46.6 Å². The first-order valence-corrected chi connectivity index (χ1v) is 10.3. The van der Waals surface area contributed by atoms with Gasteiger partial charge in [0.1, 0.15) is 5.69 Å². The lowest BCUT2D eigenvalue weighted by Crippen LogP contribution is -2.41. The van der Waals surface area contributed by atoms with E-state index < -0.39 is 0 Å². The Hall–Kier alpha value is -2.67. The molecule has 1 aromatic heterocycles. The van der Waals surface area contributed by atoms with Crippen molar-refractivity contribution in [2.75, 3.05) is 31.6 Å². The molecule has 0 bridgehead atoms. The first-order valence-electron chi connectivity index (χ1n) is 10.3. The number of carbonyl (C=O) groups excluding carboxylic acids is 2. The summed E-state index contributed by atoms with van der Waals surface area (Å²) in [6, 6.07) is 4.11. The molecule has 0 aliphatic carbocycles. The second-order valence-corrected chi connectivity index (χ2v) is 7.97. The highest BCUT2D eigenvalue weighted by Gasteiger charge is 2.30. The Morgan fingerprint density at radius 3 is 2.41 bits per heavy atom. The number of nitrogens with one attached hydrogen (secondary N) is 1. The van der Waals surface area contributed by atoms with Crippen LogP contribution in [-0.2, 0) is 17.7 Å². The van der Waals surface area contributed by atoms with Crippen LogP contribution in [0, 0.1) is 20.8 Å². The molecule has 0 unspecified atom stereocenters. The number of hydrogen-bond donors (Lipinski definition) is 1. The van der Waals surface area contributed by atoms with Crippen LogP contribution < -0.4 is 5.32 Å². The van der Waals surface area contributed by atoms with Crippen molar-refractivity contribution >= 4 is 17.5 Å². The van der Waals surface area contributed by atoms with Gasteiger partial charge in [-0.15, -0.1) is 0 Å². The van der Waals surface area contributed by atoms with Crippen molar-refractivity contribution < 1.29 is 14.3 Å². The smallest absolute Gasteiger partial charge is 0.291 e. The molecule has 0 saturated carbocycles. The van der Waals surface area contributed by atoms with E-state index in [1.54, 1.807) is 4.90 Å². The minimum atomic E-state index is -0.260. The number of fused-ring (bicyclic) bond motifs is 1. The van der Waals surface area contributed by atoms with Gasteiger partial charge in [0.05, 0.1) is 18.9 Å². The standard InChI is InChI=1S/C22H28N4O3/c1-14-12-15(2)18(16(3)13-14)24-21(27)20-23-19(17-6-4-5-7-26(17)20)22(28)25-8-10-29-11-9-25/h12-13H,4-11H2,1-3H3,(H,24,27). The average Bonchev–Trinajstić information content (AvgIpc) is 3.10. The van der Waals surface area contributed by atoms with Gasteiger partial charge in [-0.05, 0) is 51.2 Å². The number of rotatable bonds is 3. The molecule has 154 valence electrons. The molecule has 1 saturated heterocycles. The Morgan fingerprint density at radius 1 is 1.03 bits per heavy atom. The monoisotopic (exact) mass is 396 g/mol. The molecular formula is C22H28N4O3. The van der Waals surface area contributed by atoms with E-state index in [9.17, 15) is 9.59 Å². The van der Waals surface area contributed by atoms with Crippen LogP contribution in [0.2, 0.25) is 0 Å². The second-order valence-electron chi connectivity index (χ2n) is 7.97. The molecule has 3 heterocycles. The molecule has 29 heavy (non-hydrogen) atoms. The number of benzene rings is 1. The highest BCUT2D eigenvalue weighted by molar-refractivity contribution is 6.04. The Balaban J connectivity index is 1.66. The topological polar surface area (TPSA) is 76.5 Å². The average molecular weight is 396 g/mol. The quantitative estimate of drug-likeness (QED) is 0.866. The Bertz CT molecular complexity index is 934. The van der Waals surface area contributed by atoms with Gasteiger partial charge >= 0.3 is 0 Å². The van der Waals surface area contributed by atoms with Gasteiger partial charge in [-0.1, -0.05) is 17.7 Å². The summed E-state index contributed by atoms with van der Waals surface area (Å²) in [5.41, 5.74) is 5.32. The minimum absolute atomic E-state index is 0.0966. The summed E-state index contributed by atoms with van der Waals surface area (Å²) >= 11 is 0. The molecule has 0 spiro atoms. The summed E-state index contributed by atoms with van der Waals surface area (Å²) in [7, 11) is 0. The van der Waals surface area contributed by atoms with E-state index in [-0.39, 0.29) is 11.8 Å². The number of anilines is 1. The zero-order valence-electron chi connectivity index (χ0n) is 17.4. The normalized spacial score (nSPS) is 16.4. The van der Waals surface area contributed by atoms with Gasteiger partial charge < -0.3 is 19.5 Å². The first-order chi connectivity index (χ1) is 14.0. The first kappa shape index (κ1) is 19.6. The number of imidazole rings is 1. The van der Waals surface area contributed by atoms with Gasteiger partial charge in [0, 0.05) is 25.3 Å². The summed E-state index contributed by atoms with van der Waals surface area (Å²) in [5, 5.41) is 3.04. The lowest BCUT2D eigenvalue weighted by Gasteiger charge is -2.26. The highest BCUT2D eigenvalue weighted by atomic mass is 16.5. The molecule has 4 rings (SSSR count). The largest absolute Gasteiger partial charge is 0.378 e. The van der Waals surface area contributed by atoms with Crippen molar-refractivity contribution in [3.05, 3.63) is 46.0 Å². The molecule has 7 heteroatoms. The minimum Gasteiger partial charge on any atom is -0.378 e. The molecule has 1 fully saturated rings. The number of nitrogens with zero attached hydrogens (tertiary/aromatic N) is 3. The molecule has 0 radical (unpaired) electrons. The van der Waals surface area contributed by atoms with Crippen molar-refractivity contribution in [1.82, 2.24) is 14.5 Å². The summed E-state index contributed by atoms with van der Waals surface area (Å²) in [6.45, 7) is 8.95. The number of aromatic nitrogens is 2. The van der Waals surface area contributed by atoms with E-state index in [1.165, 1.54) is 0 Å². The Labute approximate surface area is 171 Å². The molecule has 0 atom stereocenters. The third kappa shape index (κ3) is 3.79. The number of ether oxygens (including phenoxy) is 1. The van der Waals surface area contributed by atoms with E-state index in [2.05, 4.69) is 22.4 Å². The summed E-state index contributed by atoms with van der Waals surface area (Å²) in [6.07, 6.45) is 2.76. The molecule has 2 aliphatic heterocycles. The number of hydrogen-bond acceptors (Lipinski definition) is 4. The van der Waals surface area contributed by atoms with Crippen molar-refractivity contribution in [2.24, 2.45) is 0 Å². The van der Waals surface area contributed by atoms with Crippen molar-refractivity contribution in [3.63, 3.8) is 0 Å². The van der Waals surface area contributed by atoms with Gasteiger partial charge in [-0.2, -0.15) is 0 Å². The summed E-state index contributed by atoms with van der Waals surface area (Å²) in [4.78, 5) is 32.6. The number of aryl methyl sites for hydroxylation is 3. The van der Waals surface area contributed by atoms with E-state index >= 15 is 0 Å². The van der Waals surface area contributed by atoms with Crippen LogP contribution >= 0.6 is 0 Å². The fourth-order valence-electron chi connectivity index (χ4n) is 4.35. The molecule has 1 aromatic carbocycles. The Kier molecular flexibility index (Phi) is 5.41. The van der Waals surface area contributed by atoms with Crippen LogP contribution in [0.5, 0.6) is 0 Å². The van der Waals surface area contributed by atoms with Gasteiger partial charge in [-0.3, -0.25) is 9.59 Å². The molecule has 2 amide bonds. The van der Waals surface area contributed by atoms with Crippen molar-refractivity contribution in [3.8, 4) is 0 Å². The number of morpholine rings is 1. The fraction of sp³-hybridized carbons (Fsp3) is 0.500. The SMILES string of the molecule is Cc1cc(C)c(NC(=O)c2nc(C(=O)N3CCOCC3)c3n2CCCC3)c(C)c1. The molecule has 7 nitrogen and oxygen atoms in total. The van der Waals surface area contributed by atoms with Gasteiger partial charge in [-0.25, -0.2) is 4.98 Å². The summed E-state index contributed by atoms with van der Waals surface area (Å²) < 4.78 is 7.29. The third-order valence-electron chi connectivity index (χ3n) is 5.74. The molecule has 1 N–H and O–H groups in total. The van der Waals surface area contributed by atoms with Crippen LogP contribution in [0.3, 0.4) is 0 Å². The van der Waals surface area contributed by atoms with E-state index in [4.69, 9.17) is 4.74 Å². The van der Waals surface area contributed by atoms with Gasteiger partial charge in [0.25, 0.3) is 11.8 Å². The second kappa shape index (κ2) is 7.99. The highest BCUT2D eigenvalue weighted by Crippen LogP contribution is 2.26. The maximum atomic E-state index is 13.1. The van der Waals surface area contributed by atoms with E-state index in [0.717, 1.165) is 47.3 Å². The lowest BCUT2D eigenvalue weighted by atomic mass is 10.1. The molecule has 2 aromatic rings. The third-order valence-corrected chi connectivity index (χ3v) is 5.74. The van der Waals surface area contributed by atoms with Gasteiger partial charge in [0.2, 0.25) is 0 Å². The Morgan fingerprint density at radius 2 is 1.72 bits per heavy atom. The van der Waals surface area contributed by atoms with Crippen molar-refractivity contribution in [1.29, 1.82) is 0 Å². The fourth-order valence-corrected chi connectivity index (χ4v) is 4.35. The number of amides is 2. The molecular weight excluding hydrogens is 368 g/mol. The van der Waals surface area contributed by atoms with Crippen LogP contribution in [0.25, 0.3) is 0 Å². The predicted molar refractivity (Wildman–Crippen MR) is 110 cm³/mol. The maximum Gasteiger partial charge on any atom is 0.291 e. The van der Waals surface area contributed by atoms with Crippen LogP contribution in [0.1, 0.15) is 56.3 Å². The summed E-state index contributed by atoms with van der Waals surface area (Å²) in [5.74, 6) is -0.0272. The van der Waals surface area contributed by atoms with E-state index in [1.807, 2.05) is 25.3 Å². The van der Waals surface area contributed by atoms with E-state index in [0.29, 0.717) is 44.4 Å². The van der Waals surface area contributed by atoms with Crippen LogP contribution in [0.4, 0.5) is 5.69 Å². The predicted octanol–water partition coefficient (Wildman–Crippen LogP) is 2.87. The number of carbonyl (C=O) groups is 2.